The van der Waals surface area contributed by atoms with Gasteiger partial charge in [-0.15, -0.1) is 0 Å². The van der Waals surface area contributed by atoms with Gasteiger partial charge in [-0.25, -0.2) is 14.5 Å². The number of ether oxygens (including phenoxy) is 1. The summed E-state index contributed by atoms with van der Waals surface area (Å²) < 4.78 is 6.05. The third-order valence-electron chi connectivity index (χ3n) is 3.31. The molecule has 1 N–H and O–H groups in total. The number of nitrogens with one attached hydrogen (secondary N) is 1. The first-order valence-electron chi connectivity index (χ1n) is 7.25. The van der Waals surface area contributed by atoms with Gasteiger partial charge in [0.05, 0.1) is 17.8 Å². The van der Waals surface area contributed by atoms with E-state index in [4.69, 9.17) is 11.6 Å². The maximum absolute atomic E-state index is 12.6. The first kappa shape index (κ1) is 16.7. The van der Waals surface area contributed by atoms with E-state index < -0.39 is 11.9 Å². The van der Waals surface area contributed by atoms with Gasteiger partial charge in [0.1, 0.15) is 11.5 Å². The number of methoxy groups -OCH3 is 1. The molecule has 3 rings (SSSR count). The summed E-state index contributed by atoms with van der Waals surface area (Å²) in [4.78, 5) is 28.4. The largest absolute Gasteiger partial charge is 0.464 e. The van der Waals surface area contributed by atoms with Crippen molar-refractivity contribution in [1.29, 1.82) is 0 Å². The third-order valence-corrected chi connectivity index (χ3v) is 3.53. The van der Waals surface area contributed by atoms with E-state index in [1.54, 1.807) is 36.4 Å². The number of hydrogen-bond acceptors (Lipinski definition) is 5. The van der Waals surface area contributed by atoms with Crippen molar-refractivity contribution in [3.63, 3.8) is 0 Å². The van der Waals surface area contributed by atoms with Crippen LogP contribution in [0.3, 0.4) is 0 Å². The Morgan fingerprint density at radius 3 is 2.56 bits per heavy atom. The average Bonchev–Trinajstić information content (AvgIpc) is 3.09. The number of rotatable bonds is 4. The van der Waals surface area contributed by atoms with Crippen molar-refractivity contribution in [2.75, 3.05) is 12.4 Å². The Morgan fingerprint density at radius 2 is 1.92 bits per heavy atom. The van der Waals surface area contributed by atoms with E-state index in [-0.39, 0.29) is 11.4 Å². The Bertz CT molecular complexity index is 907. The number of benzene rings is 1. The quantitative estimate of drug-likeness (QED) is 0.726. The monoisotopic (exact) mass is 356 g/mol. The highest BCUT2D eigenvalue weighted by Gasteiger charge is 2.21. The Kier molecular flexibility index (Phi) is 4.76. The van der Waals surface area contributed by atoms with E-state index in [9.17, 15) is 9.59 Å². The summed E-state index contributed by atoms with van der Waals surface area (Å²) in [5, 5.41) is 7.27. The Labute approximate surface area is 148 Å². The second-order valence-corrected chi connectivity index (χ2v) is 5.41. The van der Waals surface area contributed by atoms with Crippen molar-refractivity contribution in [3.8, 4) is 5.69 Å². The number of aromatic nitrogens is 3. The normalized spacial score (nSPS) is 10.3. The van der Waals surface area contributed by atoms with Gasteiger partial charge in [0, 0.05) is 12.3 Å². The van der Waals surface area contributed by atoms with Crippen LogP contribution in [0.5, 0.6) is 0 Å². The summed E-state index contributed by atoms with van der Waals surface area (Å²) >= 11 is 5.78. The number of hydrogen-bond donors (Lipinski definition) is 1. The molecule has 0 bridgehead atoms. The number of pyridine rings is 1. The Balaban J connectivity index is 1.98. The molecule has 0 saturated carbocycles. The van der Waals surface area contributed by atoms with Crippen LogP contribution in [0.1, 0.15) is 21.0 Å². The van der Waals surface area contributed by atoms with E-state index in [1.165, 1.54) is 24.1 Å². The first-order chi connectivity index (χ1) is 12.1. The lowest BCUT2D eigenvalue weighted by atomic mass is 10.3. The fourth-order valence-corrected chi connectivity index (χ4v) is 2.26. The molecule has 2 heterocycles. The topological polar surface area (TPSA) is 86.1 Å². The van der Waals surface area contributed by atoms with Crippen LogP contribution in [-0.4, -0.2) is 33.8 Å². The van der Waals surface area contributed by atoms with Gasteiger partial charge in [-0.05, 0) is 24.3 Å². The van der Waals surface area contributed by atoms with Gasteiger partial charge in [-0.1, -0.05) is 29.8 Å². The number of esters is 1. The number of halogens is 1. The lowest BCUT2D eigenvalue weighted by molar-refractivity contribution is 0.0593. The maximum Gasteiger partial charge on any atom is 0.358 e. The average molecular weight is 357 g/mol. The standard InChI is InChI=1S/C17H13ClN4O3/c1-25-17(24)13-9-14(22(21-13)12-5-3-2-4-6-12)16(23)20-15-8-7-11(18)10-19-15/h2-10H,1H3,(H,19,20,23). The number of nitrogens with zero attached hydrogens (tertiary/aromatic N) is 3. The molecule has 0 atom stereocenters. The molecule has 0 aliphatic rings. The molecule has 25 heavy (non-hydrogen) atoms. The third kappa shape index (κ3) is 3.67. The lowest BCUT2D eigenvalue weighted by Crippen LogP contribution is -2.17. The molecule has 1 aromatic carbocycles. The molecule has 3 aromatic rings. The predicted octanol–water partition coefficient (Wildman–Crippen LogP) is 2.96. The summed E-state index contributed by atoms with van der Waals surface area (Å²) in [5.41, 5.74) is 0.829. The van der Waals surface area contributed by atoms with Gasteiger partial charge in [-0.3, -0.25) is 4.79 Å². The summed E-state index contributed by atoms with van der Waals surface area (Å²) in [5.74, 6) is -0.774. The minimum atomic E-state index is -0.631. The van der Waals surface area contributed by atoms with E-state index in [1.807, 2.05) is 6.07 Å². The summed E-state index contributed by atoms with van der Waals surface area (Å²) in [6, 6.07) is 13.5. The Hall–Kier alpha value is -3.19. The van der Waals surface area contributed by atoms with Gasteiger partial charge in [0.15, 0.2) is 5.69 Å². The maximum atomic E-state index is 12.6. The zero-order valence-electron chi connectivity index (χ0n) is 13.1. The second-order valence-electron chi connectivity index (χ2n) is 4.97. The van der Waals surface area contributed by atoms with Crippen molar-refractivity contribution < 1.29 is 14.3 Å². The minimum Gasteiger partial charge on any atom is -0.464 e. The Morgan fingerprint density at radius 1 is 1.16 bits per heavy atom. The number of carbonyl (C=O) groups excluding carboxylic acids is 2. The van der Waals surface area contributed by atoms with Gasteiger partial charge < -0.3 is 10.1 Å². The molecule has 126 valence electrons. The molecule has 8 heteroatoms. The highest BCUT2D eigenvalue weighted by Crippen LogP contribution is 2.16. The van der Waals surface area contributed by atoms with Crippen molar-refractivity contribution in [2.24, 2.45) is 0 Å². The zero-order valence-corrected chi connectivity index (χ0v) is 13.9. The first-order valence-corrected chi connectivity index (χ1v) is 7.63. The number of carbonyl (C=O) groups is 2. The molecule has 0 spiro atoms. The lowest BCUT2D eigenvalue weighted by Gasteiger charge is -2.07. The molecule has 7 nitrogen and oxygen atoms in total. The molecular weight excluding hydrogens is 344 g/mol. The molecular formula is C17H13ClN4O3. The summed E-state index contributed by atoms with van der Waals surface area (Å²) in [6.07, 6.45) is 1.42. The van der Waals surface area contributed by atoms with E-state index in [0.717, 1.165) is 0 Å². The minimum absolute atomic E-state index is 0.0283. The number of anilines is 1. The van der Waals surface area contributed by atoms with E-state index in [0.29, 0.717) is 16.5 Å². The number of amides is 1. The molecule has 0 fully saturated rings. The highest BCUT2D eigenvalue weighted by molar-refractivity contribution is 6.30. The van der Waals surface area contributed by atoms with Crippen LogP contribution >= 0.6 is 11.6 Å². The molecule has 0 saturated heterocycles. The van der Waals surface area contributed by atoms with Crippen LogP contribution in [0.15, 0.2) is 54.7 Å². The summed E-state index contributed by atoms with van der Waals surface area (Å²) in [7, 11) is 1.25. The van der Waals surface area contributed by atoms with Crippen LogP contribution in [0.4, 0.5) is 5.82 Å². The molecule has 2 aromatic heterocycles. The second kappa shape index (κ2) is 7.14. The predicted molar refractivity (Wildman–Crippen MR) is 92.1 cm³/mol. The molecule has 0 unspecified atom stereocenters. The van der Waals surface area contributed by atoms with Gasteiger partial charge in [0.25, 0.3) is 5.91 Å². The highest BCUT2D eigenvalue weighted by atomic mass is 35.5. The smallest absolute Gasteiger partial charge is 0.358 e. The van der Waals surface area contributed by atoms with Crippen molar-refractivity contribution in [1.82, 2.24) is 14.8 Å². The van der Waals surface area contributed by atoms with Crippen LogP contribution in [-0.2, 0) is 4.74 Å². The van der Waals surface area contributed by atoms with Crippen molar-refractivity contribution in [2.45, 2.75) is 0 Å². The van der Waals surface area contributed by atoms with Gasteiger partial charge >= 0.3 is 5.97 Å². The van der Waals surface area contributed by atoms with E-state index >= 15 is 0 Å². The number of para-hydroxylation sites is 1. The van der Waals surface area contributed by atoms with Crippen LogP contribution in [0.2, 0.25) is 5.02 Å². The fourth-order valence-electron chi connectivity index (χ4n) is 2.14. The molecule has 1 amide bonds. The van der Waals surface area contributed by atoms with Gasteiger partial charge in [0.2, 0.25) is 0 Å². The van der Waals surface area contributed by atoms with Gasteiger partial charge in [-0.2, -0.15) is 5.10 Å². The van der Waals surface area contributed by atoms with Crippen molar-refractivity contribution >= 4 is 29.3 Å². The molecule has 0 aliphatic heterocycles. The van der Waals surface area contributed by atoms with Crippen LogP contribution < -0.4 is 5.32 Å². The SMILES string of the molecule is COC(=O)c1cc(C(=O)Nc2ccc(Cl)cn2)n(-c2ccccc2)n1. The molecule has 0 radical (unpaired) electrons. The summed E-state index contributed by atoms with van der Waals surface area (Å²) in [6.45, 7) is 0. The fraction of sp³-hybridized carbons (Fsp3) is 0.0588. The van der Waals surface area contributed by atoms with Crippen LogP contribution in [0, 0.1) is 0 Å². The van der Waals surface area contributed by atoms with Crippen LogP contribution in [0.25, 0.3) is 5.69 Å². The zero-order chi connectivity index (χ0) is 17.8. The van der Waals surface area contributed by atoms with Crippen molar-refractivity contribution in [3.05, 3.63) is 71.1 Å². The molecule has 0 aliphatic carbocycles. The van der Waals surface area contributed by atoms with E-state index in [2.05, 4.69) is 20.1 Å².